The van der Waals surface area contributed by atoms with Crippen molar-refractivity contribution in [2.45, 2.75) is 12.8 Å². The summed E-state index contributed by atoms with van der Waals surface area (Å²) in [6.07, 6.45) is 8.61. The first kappa shape index (κ1) is 32.6. The van der Waals surface area contributed by atoms with Crippen LogP contribution in [0, 0.1) is 0 Å². The molecule has 0 saturated heterocycles. The normalized spacial score (nSPS) is 13.1. The van der Waals surface area contributed by atoms with E-state index in [0.29, 0.717) is 17.5 Å². The molecule has 0 atom stereocenters. The van der Waals surface area contributed by atoms with Gasteiger partial charge in [0.2, 0.25) is 0 Å². The lowest BCUT2D eigenvalue weighted by atomic mass is 9.96. The minimum atomic E-state index is 0.558. The van der Waals surface area contributed by atoms with Crippen molar-refractivity contribution in [3.8, 4) is 39.9 Å². The van der Waals surface area contributed by atoms with E-state index >= 15 is 0 Å². The van der Waals surface area contributed by atoms with Crippen molar-refractivity contribution < 1.29 is 4.42 Å². The highest BCUT2D eigenvalue weighted by Gasteiger charge is 2.23. The van der Waals surface area contributed by atoms with Gasteiger partial charge in [0.15, 0.2) is 17.5 Å². The molecule has 272 valence electrons. The Bertz CT molecular complexity index is 3530. The Morgan fingerprint density at radius 3 is 2.00 bits per heavy atom. The predicted octanol–water partition coefficient (Wildman–Crippen LogP) is 13.9. The van der Waals surface area contributed by atoms with Crippen LogP contribution in [0.2, 0.25) is 0 Å². The summed E-state index contributed by atoms with van der Waals surface area (Å²) in [5.74, 6) is 1.78. The van der Waals surface area contributed by atoms with E-state index in [4.69, 9.17) is 19.4 Å². The predicted molar refractivity (Wildman–Crippen MR) is 239 cm³/mol. The summed E-state index contributed by atoms with van der Waals surface area (Å²) in [7, 11) is 0. The van der Waals surface area contributed by atoms with Crippen molar-refractivity contribution in [3.05, 3.63) is 188 Å². The summed E-state index contributed by atoms with van der Waals surface area (Å²) in [5.41, 5.74) is 10.0. The molecule has 0 amide bonds. The lowest BCUT2D eigenvalue weighted by Crippen LogP contribution is -2.02. The quantitative estimate of drug-likeness (QED) is 0.176. The van der Waals surface area contributed by atoms with Crippen LogP contribution in [-0.2, 0) is 0 Å². The highest BCUT2D eigenvalue weighted by Crippen LogP contribution is 2.43. The van der Waals surface area contributed by atoms with Gasteiger partial charge in [-0.05, 0) is 94.1 Å². The fourth-order valence-electron chi connectivity index (χ4n) is 8.87. The van der Waals surface area contributed by atoms with Gasteiger partial charge in [0.1, 0.15) is 11.2 Å². The van der Waals surface area contributed by atoms with E-state index in [9.17, 15) is 0 Å². The van der Waals surface area contributed by atoms with Gasteiger partial charge in [-0.1, -0.05) is 133 Å². The smallest absolute Gasteiger partial charge is 0.167 e. The van der Waals surface area contributed by atoms with Crippen LogP contribution in [0.15, 0.2) is 186 Å². The molecule has 5 heteroatoms. The average molecular weight is 743 g/mol. The van der Waals surface area contributed by atoms with Gasteiger partial charge in [0.25, 0.3) is 0 Å². The standard InChI is InChI=1S/C53H34N4O/c1-2-13-33(14-3-1)36-19-12-20-39(29-36)51-54-52(40-26-25-34-15-4-5-16-35(34)30-40)56-53(55-51)43-27-28-46(49-42-22-9-11-24-48(42)58-50(43)49)57-45-23-10-8-21-41(45)44-31-37-17-6-7-18-38(37)32-47(44)57/h1-2,4-13,15-32H,3,14H2. The summed E-state index contributed by atoms with van der Waals surface area (Å²) in [5, 5.41) is 9.18. The van der Waals surface area contributed by atoms with Gasteiger partial charge in [-0.25, -0.2) is 15.0 Å². The summed E-state index contributed by atoms with van der Waals surface area (Å²) in [4.78, 5) is 15.7. The molecule has 0 bridgehead atoms. The third-order valence-corrected chi connectivity index (χ3v) is 11.7. The summed E-state index contributed by atoms with van der Waals surface area (Å²) < 4.78 is 9.28. The first-order valence-electron chi connectivity index (χ1n) is 19.8. The molecule has 8 aromatic carbocycles. The van der Waals surface area contributed by atoms with Gasteiger partial charge in [0, 0.05) is 27.3 Å². The topological polar surface area (TPSA) is 56.7 Å². The van der Waals surface area contributed by atoms with Crippen LogP contribution in [0.25, 0.3) is 111 Å². The molecule has 0 fully saturated rings. The van der Waals surface area contributed by atoms with E-state index in [0.717, 1.165) is 73.6 Å². The molecule has 3 aromatic heterocycles. The molecule has 1 aliphatic rings. The largest absolute Gasteiger partial charge is 0.455 e. The molecule has 5 nitrogen and oxygen atoms in total. The Labute approximate surface area is 333 Å². The molecule has 0 N–H and O–H groups in total. The molecule has 12 rings (SSSR count). The maximum absolute atomic E-state index is 6.89. The van der Waals surface area contributed by atoms with E-state index < -0.39 is 0 Å². The van der Waals surface area contributed by atoms with Crippen molar-refractivity contribution in [2.75, 3.05) is 0 Å². The van der Waals surface area contributed by atoms with E-state index in [1.165, 1.54) is 38.1 Å². The molecule has 1 aliphatic carbocycles. The third kappa shape index (κ3) is 5.21. The van der Waals surface area contributed by atoms with Crippen molar-refractivity contribution in [1.29, 1.82) is 0 Å². The number of allylic oxidation sites excluding steroid dienone is 4. The minimum Gasteiger partial charge on any atom is -0.455 e. The Kier molecular flexibility index (Phi) is 7.29. The number of para-hydroxylation sites is 2. The average Bonchev–Trinajstić information content (AvgIpc) is 3.84. The number of hydrogen-bond donors (Lipinski definition) is 0. The van der Waals surface area contributed by atoms with E-state index in [1.54, 1.807) is 0 Å². The fourth-order valence-corrected chi connectivity index (χ4v) is 8.87. The maximum atomic E-state index is 6.89. The molecular weight excluding hydrogens is 709 g/mol. The molecule has 0 radical (unpaired) electrons. The highest BCUT2D eigenvalue weighted by atomic mass is 16.3. The molecule has 0 unspecified atom stereocenters. The number of furan rings is 1. The zero-order valence-corrected chi connectivity index (χ0v) is 31.4. The summed E-state index contributed by atoms with van der Waals surface area (Å²) in [6.45, 7) is 0. The SMILES string of the molecule is C1=CCCC(c2cccc(-c3nc(-c4ccc5ccccc5c4)nc(-c4ccc(-n5c6ccccc6c6cc7ccccc7cc65)c5c4oc4ccccc45)n3)c2)=C1. The monoisotopic (exact) mass is 742 g/mol. The number of benzene rings is 8. The van der Waals surface area contributed by atoms with E-state index in [1.807, 2.05) is 12.1 Å². The van der Waals surface area contributed by atoms with Crippen LogP contribution in [0.1, 0.15) is 18.4 Å². The van der Waals surface area contributed by atoms with Crippen LogP contribution >= 0.6 is 0 Å². The molecular formula is C53H34N4O. The van der Waals surface area contributed by atoms with Crippen molar-refractivity contribution in [2.24, 2.45) is 0 Å². The zero-order valence-electron chi connectivity index (χ0n) is 31.4. The summed E-state index contributed by atoms with van der Waals surface area (Å²) in [6, 6.07) is 57.9. The van der Waals surface area contributed by atoms with Gasteiger partial charge < -0.3 is 8.98 Å². The molecule has 58 heavy (non-hydrogen) atoms. The lowest BCUT2D eigenvalue weighted by molar-refractivity contribution is 0.669. The van der Waals surface area contributed by atoms with Crippen molar-refractivity contribution >= 4 is 70.9 Å². The number of fused-ring (bicyclic) bond motifs is 8. The lowest BCUT2D eigenvalue weighted by Gasteiger charge is -2.14. The van der Waals surface area contributed by atoms with Gasteiger partial charge in [-0.3, -0.25) is 0 Å². The molecule has 0 aliphatic heterocycles. The molecule has 11 aromatic rings. The number of hydrogen-bond acceptors (Lipinski definition) is 4. The van der Waals surface area contributed by atoms with Crippen molar-refractivity contribution in [3.63, 3.8) is 0 Å². The van der Waals surface area contributed by atoms with Gasteiger partial charge in [-0.15, -0.1) is 0 Å². The third-order valence-electron chi connectivity index (χ3n) is 11.7. The van der Waals surface area contributed by atoms with Crippen molar-refractivity contribution in [1.82, 2.24) is 19.5 Å². The minimum absolute atomic E-state index is 0.558. The second kappa shape index (κ2) is 13.0. The van der Waals surface area contributed by atoms with E-state index in [2.05, 4.69) is 174 Å². The van der Waals surface area contributed by atoms with Gasteiger partial charge >= 0.3 is 0 Å². The maximum Gasteiger partial charge on any atom is 0.167 e. The number of rotatable bonds is 5. The number of nitrogens with zero attached hydrogens (tertiary/aromatic N) is 4. The van der Waals surface area contributed by atoms with Crippen LogP contribution < -0.4 is 0 Å². The first-order valence-corrected chi connectivity index (χ1v) is 19.8. The van der Waals surface area contributed by atoms with E-state index in [-0.39, 0.29) is 0 Å². The molecule has 3 heterocycles. The number of aromatic nitrogens is 4. The summed E-state index contributed by atoms with van der Waals surface area (Å²) >= 11 is 0. The fraction of sp³-hybridized carbons (Fsp3) is 0.0377. The van der Waals surface area contributed by atoms with Gasteiger partial charge in [0.05, 0.1) is 27.7 Å². The Hall–Kier alpha value is -7.63. The van der Waals surface area contributed by atoms with Gasteiger partial charge in [-0.2, -0.15) is 0 Å². The highest BCUT2D eigenvalue weighted by molar-refractivity contribution is 6.18. The van der Waals surface area contributed by atoms with Crippen LogP contribution in [0.3, 0.4) is 0 Å². The Morgan fingerprint density at radius 2 is 1.17 bits per heavy atom. The van der Waals surface area contributed by atoms with Crippen LogP contribution in [0.4, 0.5) is 0 Å². The first-order chi connectivity index (χ1) is 28.7. The molecule has 0 spiro atoms. The van der Waals surface area contributed by atoms with Crippen LogP contribution in [-0.4, -0.2) is 19.5 Å². The van der Waals surface area contributed by atoms with Crippen LogP contribution in [0.5, 0.6) is 0 Å². The molecule has 0 saturated carbocycles. The second-order valence-electron chi connectivity index (χ2n) is 15.1. The Morgan fingerprint density at radius 1 is 0.483 bits per heavy atom. The zero-order chi connectivity index (χ0) is 38.2. The Balaban J connectivity index is 1.12. The second-order valence-corrected chi connectivity index (χ2v) is 15.1.